The molecular weight excluding hydrogens is 328 g/mol. The smallest absolute Gasteiger partial charge is 0.393 e. The highest BCUT2D eigenvalue weighted by Gasteiger charge is 2.39. The van der Waals surface area contributed by atoms with Crippen molar-refractivity contribution in [3.8, 4) is 0 Å². The standard InChI is InChI=1S/C16H20F4N2O2/c1-11(12-2-4-13(5-3-12)16(18,19)20)8-21-14(24)22-7-6-15(17,9-22)10-23/h2-5,11,23H,6-10H2,1H3,(H,21,24)/t11-,15+/m0/s1. The second kappa shape index (κ2) is 6.96. The fourth-order valence-corrected chi connectivity index (χ4v) is 2.61. The molecule has 134 valence electrons. The number of alkyl halides is 4. The molecule has 1 aromatic rings. The minimum atomic E-state index is -4.38. The maximum Gasteiger partial charge on any atom is 0.416 e. The number of benzene rings is 1. The summed E-state index contributed by atoms with van der Waals surface area (Å²) in [7, 11) is 0. The van der Waals surface area contributed by atoms with E-state index in [1.807, 2.05) is 0 Å². The number of nitrogens with one attached hydrogen (secondary N) is 1. The van der Waals surface area contributed by atoms with Crippen LogP contribution >= 0.6 is 0 Å². The average molecular weight is 348 g/mol. The molecule has 4 nitrogen and oxygen atoms in total. The number of halogens is 4. The first-order valence-corrected chi connectivity index (χ1v) is 7.64. The van der Waals surface area contributed by atoms with Gasteiger partial charge in [0.2, 0.25) is 0 Å². The van der Waals surface area contributed by atoms with Crippen LogP contribution in [0.25, 0.3) is 0 Å². The lowest BCUT2D eigenvalue weighted by atomic mass is 10.00. The van der Waals surface area contributed by atoms with Gasteiger partial charge in [0.1, 0.15) is 0 Å². The number of carbonyl (C=O) groups is 1. The van der Waals surface area contributed by atoms with E-state index in [-0.39, 0.29) is 32.0 Å². The normalized spacial score (nSPS) is 22.5. The van der Waals surface area contributed by atoms with Gasteiger partial charge in [-0.15, -0.1) is 0 Å². The van der Waals surface area contributed by atoms with Gasteiger partial charge < -0.3 is 15.3 Å². The summed E-state index contributed by atoms with van der Waals surface area (Å²) in [6.07, 6.45) is -4.29. The molecule has 24 heavy (non-hydrogen) atoms. The third-order valence-electron chi connectivity index (χ3n) is 4.24. The number of urea groups is 1. The maximum absolute atomic E-state index is 13.9. The lowest BCUT2D eigenvalue weighted by Crippen LogP contribution is -2.42. The Labute approximate surface area is 137 Å². The minimum Gasteiger partial charge on any atom is -0.393 e. The summed E-state index contributed by atoms with van der Waals surface area (Å²) in [6.45, 7) is 1.43. The summed E-state index contributed by atoms with van der Waals surface area (Å²) in [6, 6.07) is 4.34. The number of hydrogen-bond donors (Lipinski definition) is 2. The van der Waals surface area contributed by atoms with Crippen LogP contribution in [0.2, 0.25) is 0 Å². The van der Waals surface area contributed by atoms with Crippen LogP contribution in [-0.4, -0.2) is 47.9 Å². The second-order valence-electron chi connectivity index (χ2n) is 6.19. The van der Waals surface area contributed by atoms with E-state index < -0.39 is 30.0 Å². The van der Waals surface area contributed by atoms with E-state index in [0.29, 0.717) is 5.56 Å². The lowest BCUT2D eigenvalue weighted by molar-refractivity contribution is -0.137. The van der Waals surface area contributed by atoms with E-state index in [1.54, 1.807) is 6.92 Å². The number of rotatable bonds is 4. The molecule has 8 heteroatoms. The van der Waals surface area contributed by atoms with Crippen molar-refractivity contribution in [2.45, 2.75) is 31.1 Å². The van der Waals surface area contributed by atoms with Gasteiger partial charge in [0.05, 0.1) is 18.7 Å². The summed E-state index contributed by atoms with van der Waals surface area (Å²) in [5, 5.41) is 11.6. The second-order valence-corrected chi connectivity index (χ2v) is 6.19. The van der Waals surface area contributed by atoms with Crippen molar-refractivity contribution in [2.75, 3.05) is 26.2 Å². The van der Waals surface area contributed by atoms with Crippen molar-refractivity contribution in [3.63, 3.8) is 0 Å². The fraction of sp³-hybridized carbons (Fsp3) is 0.562. The van der Waals surface area contributed by atoms with Crippen LogP contribution in [0.5, 0.6) is 0 Å². The number of amides is 2. The van der Waals surface area contributed by atoms with E-state index in [1.165, 1.54) is 17.0 Å². The predicted octanol–water partition coefficient (Wildman–Crippen LogP) is 2.92. The Morgan fingerprint density at radius 2 is 2.00 bits per heavy atom. The van der Waals surface area contributed by atoms with E-state index in [4.69, 9.17) is 5.11 Å². The van der Waals surface area contributed by atoms with Crippen molar-refractivity contribution < 1.29 is 27.5 Å². The molecule has 1 aliphatic rings. The fourth-order valence-electron chi connectivity index (χ4n) is 2.61. The molecule has 0 bridgehead atoms. The van der Waals surface area contributed by atoms with Crippen molar-refractivity contribution in [1.29, 1.82) is 0 Å². The van der Waals surface area contributed by atoms with Crippen LogP contribution in [0.1, 0.15) is 30.4 Å². The highest BCUT2D eigenvalue weighted by Crippen LogP contribution is 2.30. The largest absolute Gasteiger partial charge is 0.416 e. The number of aliphatic hydroxyl groups is 1. The molecule has 2 atom stereocenters. The number of carbonyl (C=O) groups excluding carboxylic acids is 1. The Morgan fingerprint density at radius 3 is 2.50 bits per heavy atom. The molecule has 0 saturated carbocycles. The first-order valence-electron chi connectivity index (χ1n) is 7.64. The van der Waals surface area contributed by atoms with E-state index >= 15 is 0 Å². The number of likely N-dealkylation sites (tertiary alicyclic amines) is 1. The molecule has 0 spiro atoms. The summed E-state index contributed by atoms with van der Waals surface area (Å²) in [4.78, 5) is 13.3. The van der Waals surface area contributed by atoms with Gasteiger partial charge in [-0.05, 0) is 23.6 Å². The molecule has 2 N–H and O–H groups in total. The quantitative estimate of drug-likeness (QED) is 0.822. The molecule has 2 rings (SSSR count). The predicted molar refractivity (Wildman–Crippen MR) is 80.4 cm³/mol. The third kappa shape index (κ3) is 4.37. The molecule has 0 aliphatic carbocycles. The highest BCUT2D eigenvalue weighted by molar-refractivity contribution is 5.74. The Balaban J connectivity index is 1.87. The van der Waals surface area contributed by atoms with Gasteiger partial charge in [-0.25, -0.2) is 9.18 Å². The van der Waals surface area contributed by atoms with Crippen LogP contribution in [0.3, 0.4) is 0 Å². The van der Waals surface area contributed by atoms with Gasteiger partial charge in [0.15, 0.2) is 5.67 Å². The Bertz CT molecular complexity index is 576. The van der Waals surface area contributed by atoms with Gasteiger partial charge in [-0.1, -0.05) is 19.1 Å². The molecular formula is C16H20F4N2O2. The maximum atomic E-state index is 13.9. The lowest BCUT2D eigenvalue weighted by Gasteiger charge is -2.21. The number of nitrogens with zero attached hydrogens (tertiary/aromatic N) is 1. The highest BCUT2D eigenvalue weighted by atomic mass is 19.4. The average Bonchev–Trinajstić information content (AvgIpc) is 2.95. The topological polar surface area (TPSA) is 52.6 Å². The summed E-state index contributed by atoms with van der Waals surface area (Å²) < 4.78 is 51.5. The van der Waals surface area contributed by atoms with Crippen LogP contribution in [0.15, 0.2) is 24.3 Å². The SMILES string of the molecule is C[C@@H](CNC(=O)N1CC[C@](F)(CO)C1)c1ccc(C(F)(F)F)cc1. The molecule has 0 aromatic heterocycles. The molecule has 0 unspecified atom stereocenters. The first-order chi connectivity index (χ1) is 11.1. The summed E-state index contributed by atoms with van der Waals surface area (Å²) in [5.74, 6) is -0.188. The van der Waals surface area contributed by atoms with Gasteiger partial charge >= 0.3 is 12.2 Å². The van der Waals surface area contributed by atoms with Gasteiger partial charge in [-0.3, -0.25) is 0 Å². The zero-order chi connectivity index (χ0) is 18.0. The van der Waals surface area contributed by atoms with Crippen LogP contribution in [-0.2, 0) is 6.18 Å². The minimum absolute atomic E-state index is 0.0887. The third-order valence-corrected chi connectivity index (χ3v) is 4.24. The zero-order valence-electron chi connectivity index (χ0n) is 13.2. The van der Waals surface area contributed by atoms with Crippen molar-refractivity contribution in [3.05, 3.63) is 35.4 Å². The molecule has 0 radical (unpaired) electrons. The monoisotopic (exact) mass is 348 g/mol. The Hall–Kier alpha value is -1.83. The van der Waals surface area contributed by atoms with Gasteiger partial charge in [0.25, 0.3) is 0 Å². The van der Waals surface area contributed by atoms with Crippen LogP contribution in [0, 0.1) is 0 Å². The Kier molecular flexibility index (Phi) is 5.37. The molecule has 1 aromatic carbocycles. The van der Waals surface area contributed by atoms with E-state index in [2.05, 4.69) is 5.32 Å². The first kappa shape index (κ1) is 18.5. The molecule has 1 aliphatic heterocycles. The van der Waals surface area contributed by atoms with Crippen LogP contribution < -0.4 is 5.32 Å². The Morgan fingerprint density at radius 1 is 1.38 bits per heavy atom. The summed E-state index contributed by atoms with van der Waals surface area (Å²) in [5.41, 5.74) is -1.81. The van der Waals surface area contributed by atoms with Gasteiger partial charge in [-0.2, -0.15) is 13.2 Å². The number of aliphatic hydroxyl groups excluding tert-OH is 1. The van der Waals surface area contributed by atoms with Gasteiger partial charge in [0, 0.05) is 19.5 Å². The molecule has 1 saturated heterocycles. The van der Waals surface area contributed by atoms with Crippen molar-refractivity contribution in [2.24, 2.45) is 0 Å². The van der Waals surface area contributed by atoms with Crippen molar-refractivity contribution >= 4 is 6.03 Å². The summed E-state index contributed by atoms with van der Waals surface area (Å²) >= 11 is 0. The molecule has 2 amide bonds. The number of hydrogen-bond acceptors (Lipinski definition) is 2. The zero-order valence-corrected chi connectivity index (χ0v) is 13.2. The molecule has 1 fully saturated rings. The molecule has 1 heterocycles. The van der Waals surface area contributed by atoms with Crippen molar-refractivity contribution in [1.82, 2.24) is 10.2 Å². The van der Waals surface area contributed by atoms with E-state index in [9.17, 15) is 22.4 Å². The van der Waals surface area contributed by atoms with E-state index in [0.717, 1.165) is 12.1 Å². The van der Waals surface area contributed by atoms with Crippen LogP contribution in [0.4, 0.5) is 22.4 Å².